The van der Waals surface area contributed by atoms with E-state index in [1.165, 1.54) is 39.0 Å². The van der Waals surface area contributed by atoms with Crippen LogP contribution in [0.1, 0.15) is 35.7 Å². The van der Waals surface area contributed by atoms with Gasteiger partial charge in [-0.1, -0.05) is 121 Å². The van der Waals surface area contributed by atoms with Gasteiger partial charge in [-0.3, -0.25) is 0 Å². The molecule has 0 radical (unpaired) electrons. The first kappa shape index (κ1) is 25.4. The van der Waals surface area contributed by atoms with Crippen LogP contribution in [0.25, 0.3) is 56.4 Å². The molecule has 2 aliphatic rings. The fourth-order valence-corrected chi connectivity index (χ4v) is 6.42. The first-order valence-electron chi connectivity index (χ1n) is 15.1. The summed E-state index contributed by atoms with van der Waals surface area (Å²) in [5, 5.41) is 1.33. The zero-order valence-electron chi connectivity index (χ0n) is 23.9. The van der Waals surface area contributed by atoms with Crippen molar-refractivity contribution in [1.82, 2.24) is 14.5 Å². The van der Waals surface area contributed by atoms with Gasteiger partial charge in [-0.25, -0.2) is 9.97 Å². The van der Waals surface area contributed by atoms with Crippen molar-refractivity contribution in [3.63, 3.8) is 0 Å². The van der Waals surface area contributed by atoms with Crippen LogP contribution >= 0.6 is 0 Å². The third-order valence-electron chi connectivity index (χ3n) is 8.63. The Hall–Kier alpha value is -5.28. The van der Waals surface area contributed by atoms with Gasteiger partial charge in [-0.15, -0.1) is 0 Å². The topological polar surface area (TPSA) is 30.7 Å². The van der Waals surface area contributed by atoms with Crippen LogP contribution < -0.4 is 0 Å². The van der Waals surface area contributed by atoms with Crippen LogP contribution in [0.15, 0.2) is 140 Å². The number of hydrogen-bond acceptors (Lipinski definition) is 2. The van der Waals surface area contributed by atoms with E-state index in [1.54, 1.807) is 0 Å². The SMILES string of the molecule is C1=CCC(c2cc(-c3ccc(-c4ccc(-n5c6c(c7ccccc75)C=CCC6)cc4)cc3)nc(-c3ccccc3)n2)C=C1. The molecule has 4 aromatic carbocycles. The molecule has 206 valence electrons. The van der Waals surface area contributed by atoms with E-state index in [9.17, 15) is 0 Å². The van der Waals surface area contributed by atoms with Crippen LogP contribution in [0.5, 0.6) is 0 Å². The molecule has 1 unspecified atom stereocenters. The standard InChI is InChI=1S/C40H31N3/c1-3-11-30(12-4-1)36-27-37(42-40(41-36)32-13-5-2-6-14-32)31-21-19-28(20-22-31)29-23-25-33(26-24-29)43-38-17-9-7-15-34(38)35-16-8-10-18-39(35)43/h1-9,11,13-17,19-27,30H,10,12,18H2. The number of allylic oxidation sites excluding steroid dienone is 5. The second-order valence-corrected chi connectivity index (χ2v) is 11.3. The van der Waals surface area contributed by atoms with Crippen LogP contribution in [-0.4, -0.2) is 14.5 Å². The molecule has 2 aromatic heterocycles. The lowest BCUT2D eigenvalue weighted by Crippen LogP contribution is -2.04. The van der Waals surface area contributed by atoms with Crippen molar-refractivity contribution in [3.8, 4) is 39.5 Å². The Bertz CT molecular complexity index is 2020. The van der Waals surface area contributed by atoms with Crippen molar-refractivity contribution in [3.05, 3.63) is 157 Å². The van der Waals surface area contributed by atoms with Gasteiger partial charge in [0.2, 0.25) is 0 Å². The fraction of sp³-hybridized carbons (Fsp3) is 0.100. The van der Waals surface area contributed by atoms with Gasteiger partial charge >= 0.3 is 0 Å². The molecule has 3 heteroatoms. The van der Waals surface area contributed by atoms with Crippen LogP contribution in [0, 0.1) is 0 Å². The highest BCUT2D eigenvalue weighted by Gasteiger charge is 2.18. The predicted molar refractivity (Wildman–Crippen MR) is 178 cm³/mol. The summed E-state index contributed by atoms with van der Waals surface area (Å²) in [6, 6.07) is 38.9. The van der Waals surface area contributed by atoms with Crippen LogP contribution in [0.3, 0.4) is 0 Å². The van der Waals surface area contributed by atoms with Gasteiger partial charge < -0.3 is 4.57 Å². The highest BCUT2D eigenvalue weighted by molar-refractivity contribution is 5.93. The molecule has 0 amide bonds. The molecule has 0 saturated heterocycles. The lowest BCUT2D eigenvalue weighted by atomic mass is 9.95. The molecule has 0 N–H and O–H groups in total. The molecule has 0 fully saturated rings. The first-order valence-corrected chi connectivity index (χ1v) is 15.1. The van der Waals surface area contributed by atoms with Gasteiger partial charge in [0, 0.05) is 39.4 Å². The molecule has 0 spiro atoms. The van der Waals surface area contributed by atoms with Gasteiger partial charge in [-0.05, 0) is 54.7 Å². The molecule has 2 heterocycles. The molecule has 43 heavy (non-hydrogen) atoms. The summed E-state index contributed by atoms with van der Waals surface area (Å²) in [6.45, 7) is 0. The molecular weight excluding hydrogens is 522 g/mol. The van der Waals surface area contributed by atoms with E-state index in [0.717, 1.165) is 47.6 Å². The van der Waals surface area contributed by atoms with E-state index in [4.69, 9.17) is 9.97 Å². The van der Waals surface area contributed by atoms with Gasteiger partial charge in [0.25, 0.3) is 0 Å². The molecule has 8 rings (SSSR count). The summed E-state index contributed by atoms with van der Waals surface area (Å²) in [5.41, 5.74) is 11.8. The van der Waals surface area contributed by atoms with Gasteiger partial charge in [-0.2, -0.15) is 0 Å². The van der Waals surface area contributed by atoms with E-state index in [1.807, 2.05) is 18.2 Å². The van der Waals surface area contributed by atoms with Crippen molar-refractivity contribution < 1.29 is 0 Å². The number of fused-ring (bicyclic) bond motifs is 3. The number of benzene rings is 4. The quantitative estimate of drug-likeness (QED) is 0.213. The maximum absolute atomic E-state index is 5.01. The summed E-state index contributed by atoms with van der Waals surface area (Å²) >= 11 is 0. The minimum absolute atomic E-state index is 0.256. The van der Waals surface area contributed by atoms with Crippen molar-refractivity contribution in [1.29, 1.82) is 0 Å². The van der Waals surface area contributed by atoms with Gasteiger partial charge in [0.15, 0.2) is 5.82 Å². The monoisotopic (exact) mass is 553 g/mol. The van der Waals surface area contributed by atoms with E-state index in [2.05, 4.69) is 132 Å². The van der Waals surface area contributed by atoms with Crippen molar-refractivity contribution >= 4 is 17.0 Å². The average molecular weight is 554 g/mol. The summed E-state index contributed by atoms with van der Waals surface area (Å²) in [6.07, 6.45) is 16.3. The average Bonchev–Trinajstić information content (AvgIpc) is 3.43. The Kier molecular flexibility index (Phi) is 6.42. The third-order valence-corrected chi connectivity index (χ3v) is 8.63. The largest absolute Gasteiger partial charge is 0.313 e. The smallest absolute Gasteiger partial charge is 0.160 e. The molecule has 6 aromatic rings. The lowest BCUT2D eigenvalue weighted by molar-refractivity contribution is 0.811. The Morgan fingerprint density at radius 1 is 0.651 bits per heavy atom. The first-order chi connectivity index (χ1) is 21.3. The minimum Gasteiger partial charge on any atom is -0.313 e. The fourth-order valence-electron chi connectivity index (χ4n) is 6.42. The zero-order chi connectivity index (χ0) is 28.6. The Balaban J connectivity index is 1.12. The predicted octanol–water partition coefficient (Wildman–Crippen LogP) is 9.98. The normalized spacial score (nSPS) is 15.6. The van der Waals surface area contributed by atoms with E-state index < -0.39 is 0 Å². The summed E-state index contributed by atoms with van der Waals surface area (Å²) < 4.78 is 2.44. The maximum atomic E-state index is 5.01. The molecule has 1 atom stereocenters. The molecule has 3 nitrogen and oxygen atoms in total. The number of rotatable bonds is 5. The Labute approximate surface area is 252 Å². The second kappa shape index (κ2) is 10.8. The summed E-state index contributed by atoms with van der Waals surface area (Å²) in [5.74, 6) is 1.02. The molecule has 2 aliphatic carbocycles. The van der Waals surface area contributed by atoms with Gasteiger partial charge in [0.05, 0.1) is 16.9 Å². The lowest BCUT2D eigenvalue weighted by Gasteiger charge is -2.16. The maximum Gasteiger partial charge on any atom is 0.160 e. The van der Waals surface area contributed by atoms with Crippen molar-refractivity contribution in [2.45, 2.75) is 25.2 Å². The van der Waals surface area contributed by atoms with Crippen molar-refractivity contribution in [2.75, 3.05) is 0 Å². The zero-order valence-corrected chi connectivity index (χ0v) is 23.9. The molecule has 0 bridgehead atoms. The van der Waals surface area contributed by atoms with Crippen molar-refractivity contribution in [2.24, 2.45) is 0 Å². The number of hydrogen-bond donors (Lipinski definition) is 0. The molecule has 0 aliphatic heterocycles. The van der Waals surface area contributed by atoms with E-state index in [0.29, 0.717) is 0 Å². The van der Waals surface area contributed by atoms with Crippen LogP contribution in [0.4, 0.5) is 0 Å². The number of nitrogens with zero attached hydrogens (tertiary/aromatic N) is 3. The van der Waals surface area contributed by atoms with E-state index in [-0.39, 0.29) is 5.92 Å². The number of para-hydroxylation sites is 1. The Morgan fingerprint density at radius 3 is 2.19 bits per heavy atom. The number of aromatic nitrogens is 3. The van der Waals surface area contributed by atoms with Crippen LogP contribution in [0.2, 0.25) is 0 Å². The third kappa shape index (κ3) is 4.73. The highest BCUT2D eigenvalue weighted by atomic mass is 15.0. The minimum atomic E-state index is 0.256. The van der Waals surface area contributed by atoms with E-state index >= 15 is 0 Å². The highest BCUT2D eigenvalue weighted by Crippen LogP contribution is 2.35. The van der Waals surface area contributed by atoms with Crippen LogP contribution in [-0.2, 0) is 6.42 Å². The van der Waals surface area contributed by atoms with Gasteiger partial charge in [0.1, 0.15) is 0 Å². The second-order valence-electron chi connectivity index (χ2n) is 11.3. The Morgan fingerprint density at radius 2 is 1.40 bits per heavy atom. The summed E-state index contributed by atoms with van der Waals surface area (Å²) in [7, 11) is 0. The summed E-state index contributed by atoms with van der Waals surface area (Å²) in [4.78, 5) is 10.0. The molecule has 0 saturated carbocycles. The molecular formula is C40H31N3.